The first-order valence-corrected chi connectivity index (χ1v) is 10.3. The molecule has 0 aliphatic rings. The van der Waals surface area contributed by atoms with E-state index in [-0.39, 0.29) is 33.3 Å². The predicted molar refractivity (Wildman–Crippen MR) is 125 cm³/mol. The van der Waals surface area contributed by atoms with Crippen molar-refractivity contribution in [2.24, 2.45) is 0 Å². The first-order valence-electron chi connectivity index (χ1n) is 9.89. The molecule has 3 aromatic carbocycles. The number of carbonyl (C=O) groups excluding carboxylic acids is 1. The molecule has 1 amide bonds. The molecule has 0 atom stereocenters. The summed E-state index contributed by atoms with van der Waals surface area (Å²) in [5, 5.41) is 33.7. The fourth-order valence-corrected chi connectivity index (χ4v) is 3.17. The molecule has 3 aromatic rings. The zero-order chi connectivity index (χ0) is 27.3. The predicted octanol–water partition coefficient (Wildman–Crippen LogP) is 6.51. The summed E-state index contributed by atoms with van der Waals surface area (Å²) in [6.45, 7) is 0. The van der Waals surface area contributed by atoms with Gasteiger partial charge in [-0.3, -0.25) is 25.0 Å². The topological polar surface area (TPSA) is 148 Å². The van der Waals surface area contributed by atoms with E-state index in [1.807, 2.05) is 0 Å². The van der Waals surface area contributed by atoms with Crippen LogP contribution in [-0.2, 0) is 11.0 Å². The highest BCUT2D eigenvalue weighted by Gasteiger charge is 2.33. The van der Waals surface area contributed by atoms with Crippen molar-refractivity contribution in [2.75, 3.05) is 5.32 Å². The number of nitrogens with one attached hydrogen (secondary N) is 1. The monoisotopic (exact) mass is 532 g/mol. The maximum Gasteiger partial charge on any atom is 0.416 e. The molecule has 0 bridgehead atoms. The van der Waals surface area contributed by atoms with Crippen molar-refractivity contribution in [3.05, 3.63) is 103 Å². The number of anilines is 1. The average molecular weight is 533 g/mol. The normalized spacial score (nSPS) is 11.4. The van der Waals surface area contributed by atoms with Crippen LogP contribution in [0.2, 0.25) is 5.02 Å². The molecule has 0 spiro atoms. The minimum absolute atomic E-state index is 0.0836. The van der Waals surface area contributed by atoms with Gasteiger partial charge in [-0.1, -0.05) is 23.7 Å². The van der Waals surface area contributed by atoms with Gasteiger partial charge in [0.05, 0.1) is 20.4 Å². The van der Waals surface area contributed by atoms with Gasteiger partial charge in [-0.25, -0.2) is 0 Å². The molecule has 0 saturated carbocycles. The highest BCUT2D eigenvalue weighted by molar-refractivity contribution is 6.32. The van der Waals surface area contributed by atoms with Gasteiger partial charge in [-0.2, -0.15) is 18.4 Å². The first kappa shape index (κ1) is 26.6. The summed E-state index contributed by atoms with van der Waals surface area (Å²) < 4.78 is 44.0. The van der Waals surface area contributed by atoms with E-state index < -0.39 is 38.9 Å². The lowest BCUT2D eigenvalue weighted by molar-refractivity contribution is -0.385. The molecule has 0 heterocycles. The van der Waals surface area contributed by atoms with Crippen LogP contribution in [0.25, 0.3) is 6.08 Å². The summed E-state index contributed by atoms with van der Waals surface area (Å²) in [6.07, 6.45) is -3.64. The number of benzene rings is 3. The van der Waals surface area contributed by atoms with Crippen LogP contribution >= 0.6 is 11.6 Å². The van der Waals surface area contributed by atoms with Gasteiger partial charge >= 0.3 is 11.9 Å². The number of non-ortho nitro benzene ring substituents is 1. The molecule has 0 radical (unpaired) electrons. The lowest BCUT2D eigenvalue weighted by Crippen LogP contribution is -2.13. The largest absolute Gasteiger partial charge is 0.449 e. The van der Waals surface area contributed by atoms with Gasteiger partial charge in [0.15, 0.2) is 0 Å². The lowest BCUT2D eigenvalue weighted by atomic mass is 10.1. The second-order valence-electron chi connectivity index (χ2n) is 7.16. The van der Waals surface area contributed by atoms with Crippen molar-refractivity contribution in [3.63, 3.8) is 0 Å². The number of hydrogen-bond donors (Lipinski definition) is 1. The summed E-state index contributed by atoms with van der Waals surface area (Å²) in [4.78, 5) is 32.9. The highest BCUT2D eigenvalue weighted by Crippen LogP contribution is 2.39. The number of amides is 1. The van der Waals surface area contributed by atoms with Gasteiger partial charge in [-0.05, 0) is 42.0 Å². The molecule has 0 aliphatic carbocycles. The molecule has 37 heavy (non-hydrogen) atoms. The third-order valence-corrected chi connectivity index (χ3v) is 4.95. The Balaban J connectivity index is 1.84. The Morgan fingerprint density at radius 2 is 1.73 bits per heavy atom. The smallest absolute Gasteiger partial charge is 0.416 e. The van der Waals surface area contributed by atoms with Gasteiger partial charge in [0.2, 0.25) is 5.75 Å². The molecule has 3 rings (SSSR count). The summed E-state index contributed by atoms with van der Waals surface area (Å²) in [5.74, 6) is -1.49. The molecule has 0 aliphatic heterocycles. The van der Waals surface area contributed by atoms with E-state index in [0.29, 0.717) is 12.1 Å². The molecule has 0 fully saturated rings. The summed E-state index contributed by atoms with van der Waals surface area (Å²) in [6, 6.07) is 12.3. The zero-order valence-corrected chi connectivity index (χ0v) is 18.9. The van der Waals surface area contributed by atoms with E-state index >= 15 is 0 Å². The van der Waals surface area contributed by atoms with Crippen molar-refractivity contribution < 1.29 is 32.5 Å². The number of nitro benzene ring substituents is 2. The van der Waals surface area contributed by atoms with Gasteiger partial charge in [0, 0.05) is 23.9 Å². The molecule has 1 N–H and O–H groups in total. The molecular weight excluding hydrogens is 521 g/mol. The van der Waals surface area contributed by atoms with E-state index in [1.165, 1.54) is 36.4 Å². The van der Waals surface area contributed by atoms with Crippen LogP contribution < -0.4 is 10.1 Å². The van der Waals surface area contributed by atoms with Gasteiger partial charge in [0.1, 0.15) is 17.4 Å². The quantitative estimate of drug-likeness (QED) is 0.158. The van der Waals surface area contributed by atoms with E-state index in [4.69, 9.17) is 16.3 Å². The SMILES string of the molecule is N#C/C(=C\c1ccc(Oc2ccc(C(F)(F)F)cc2[N+](=O)[O-])c(Cl)c1)C(=O)Nc1cccc([N+](=O)[O-])c1. The summed E-state index contributed by atoms with van der Waals surface area (Å²) in [5.41, 5.74) is -2.49. The van der Waals surface area contributed by atoms with Crippen molar-refractivity contribution in [1.82, 2.24) is 0 Å². The van der Waals surface area contributed by atoms with Crippen LogP contribution in [0, 0.1) is 31.6 Å². The van der Waals surface area contributed by atoms with Crippen molar-refractivity contribution in [1.29, 1.82) is 5.26 Å². The zero-order valence-electron chi connectivity index (χ0n) is 18.2. The van der Waals surface area contributed by atoms with Crippen LogP contribution in [-0.4, -0.2) is 15.8 Å². The Kier molecular flexibility index (Phi) is 7.74. The highest BCUT2D eigenvalue weighted by atomic mass is 35.5. The number of halogens is 4. The Morgan fingerprint density at radius 3 is 2.32 bits per heavy atom. The number of hydrogen-bond acceptors (Lipinski definition) is 7. The second-order valence-corrected chi connectivity index (χ2v) is 7.57. The fraction of sp³-hybridized carbons (Fsp3) is 0.0435. The van der Waals surface area contributed by atoms with E-state index in [9.17, 15) is 43.5 Å². The maximum atomic E-state index is 12.9. The Hall–Kier alpha value is -4.96. The van der Waals surface area contributed by atoms with Crippen LogP contribution in [0.3, 0.4) is 0 Å². The number of nitro groups is 2. The summed E-state index contributed by atoms with van der Waals surface area (Å²) >= 11 is 6.15. The maximum absolute atomic E-state index is 12.9. The molecule has 0 aromatic heterocycles. The molecule has 14 heteroatoms. The number of nitriles is 1. The number of alkyl halides is 3. The number of carbonyl (C=O) groups is 1. The average Bonchev–Trinajstić information content (AvgIpc) is 2.83. The second kappa shape index (κ2) is 10.8. The van der Waals surface area contributed by atoms with Gasteiger partial charge < -0.3 is 10.1 Å². The Bertz CT molecular complexity index is 1480. The Labute approximate surface area is 210 Å². The number of rotatable bonds is 7. The van der Waals surface area contributed by atoms with Crippen molar-refractivity contribution in [3.8, 4) is 17.6 Å². The van der Waals surface area contributed by atoms with Gasteiger partial charge in [-0.15, -0.1) is 0 Å². The molecule has 10 nitrogen and oxygen atoms in total. The van der Waals surface area contributed by atoms with E-state index in [0.717, 1.165) is 18.2 Å². The van der Waals surface area contributed by atoms with Crippen LogP contribution in [0.1, 0.15) is 11.1 Å². The third kappa shape index (κ3) is 6.59. The molecule has 188 valence electrons. The minimum Gasteiger partial charge on any atom is -0.449 e. The van der Waals surface area contributed by atoms with Crippen molar-refractivity contribution in [2.45, 2.75) is 6.18 Å². The summed E-state index contributed by atoms with van der Waals surface area (Å²) in [7, 11) is 0. The molecule has 0 unspecified atom stereocenters. The van der Waals surface area contributed by atoms with Gasteiger partial charge in [0.25, 0.3) is 11.6 Å². The molecular formula is C23H12ClF3N4O6. The Morgan fingerprint density at radius 1 is 1.03 bits per heavy atom. The fourth-order valence-electron chi connectivity index (χ4n) is 2.94. The van der Waals surface area contributed by atoms with Crippen LogP contribution in [0.15, 0.2) is 66.2 Å². The lowest BCUT2D eigenvalue weighted by Gasteiger charge is -2.11. The van der Waals surface area contributed by atoms with E-state index in [1.54, 1.807) is 6.07 Å². The number of ether oxygens (including phenoxy) is 1. The van der Waals surface area contributed by atoms with Crippen LogP contribution in [0.4, 0.5) is 30.2 Å². The van der Waals surface area contributed by atoms with Crippen molar-refractivity contribution >= 4 is 40.6 Å². The van der Waals surface area contributed by atoms with Crippen LogP contribution in [0.5, 0.6) is 11.5 Å². The minimum atomic E-state index is -4.80. The first-order chi connectivity index (χ1) is 17.4. The number of nitrogens with zero attached hydrogens (tertiary/aromatic N) is 3. The standard InChI is InChI=1S/C23H12ClF3N4O6/c24-18-9-13(8-14(12-28)22(32)29-16-2-1-3-17(11-16)30(33)34)4-6-20(18)37-21-7-5-15(23(25,26)27)10-19(21)31(35)36/h1-11H,(H,29,32)/b14-8+. The third-order valence-electron chi connectivity index (χ3n) is 4.65. The molecule has 0 saturated heterocycles. The van der Waals surface area contributed by atoms with E-state index in [2.05, 4.69) is 5.32 Å².